The number of rotatable bonds is 8. The second-order valence-corrected chi connectivity index (χ2v) is 8.68. The van der Waals surface area contributed by atoms with Gasteiger partial charge in [-0.1, -0.05) is 50.2 Å². The van der Waals surface area contributed by atoms with Crippen LogP contribution in [0.25, 0.3) is 0 Å². The summed E-state index contributed by atoms with van der Waals surface area (Å²) < 4.78 is 6.05. The van der Waals surface area contributed by atoms with Gasteiger partial charge in [0.15, 0.2) is 0 Å². The van der Waals surface area contributed by atoms with Crippen LogP contribution in [0, 0.1) is 0 Å². The van der Waals surface area contributed by atoms with E-state index in [4.69, 9.17) is 4.74 Å². The van der Waals surface area contributed by atoms with Gasteiger partial charge < -0.3 is 9.64 Å². The van der Waals surface area contributed by atoms with E-state index in [0.717, 1.165) is 18.7 Å². The van der Waals surface area contributed by atoms with Crippen LogP contribution in [0.5, 0.6) is 5.88 Å². The lowest BCUT2D eigenvalue weighted by atomic mass is 9.89. The highest BCUT2D eigenvalue weighted by molar-refractivity contribution is 5.21. The van der Waals surface area contributed by atoms with Gasteiger partial charge in [0.1, 0.15) is 0 Å². The zero-order valence-electron chi connectivity index (χ0n) is 18.0. The third-order valence-corrected chi connectivity index (χ3v) is 6.09. The maximum absolute atomic E-state index is 6.05. The zero-order chi connectivity index (χ0) is 19.9. The second-order valence-electron chi connectivity index (χ2n) is 8.68. The molecule has 0 radical (unpaired) electrons. The number of hydrogen-bond donors (Lipinski definition) is 0. The molecule has 0 N–H and O–H groups in total. The minimum Gasteiger partial charge on any atom is -0.475 e. The van der Waals surface area contributed by atoms with Crippen molar-refractivity contribution in [2.75, 3.05) is 13.1 Å². The molecule has 3 heteroatoms. The normalized spacial score (nSPS) is 20.1. The third-order valence-electron chi connectivity index (χ3n) is 6.09. The van der Waals surface area contributed by atoms with Gasteiger partial charge in [0.2, 0.25) is 5.88 Å². The molecule has 1 aromatic carbocycles. The molecule has 1 saturated heterocycles. The molecule has 1 aliphatic rings. The molecule has 28 heavy (non-hydrogen) atoms. The lowest BCUT2D eigenvalue weighted by molar-refractivity contribution is 0.130. The fourth-order valence-corrected chi connectivity index (χ4v) is 4.13. The van der Waals surface area contributed by atoms with Gasteiger partial charge in [-0.2, -0.15) is 0 Å². The molecule has 0 saturated carbocycles. The molecule has 0 spiro atoms. The van der Waals surface area contributed by atoms with E-state index in [0.29, 0.717) is 17.9 Å². The second kappa shape index (κ2) is 10.1. The van der Waals surface area contributed by atoms with Crippen LogP contribution >= 0.6 is 0 Å². The Hall–Kier alpha value is -1.87. The van der Waals surface area contributed by atoms with Gasteiger partial charge >= 0.3 is 0 Å². The molecule has 0 amide bonds. The molecule has 2 aromatic rings. The number of aromatic nitrogens is 1. The van der Waals surface area contributed by atoms with Crippen molar-refractivity contribution in [3.05, 3.63) is 59.8 Å². The number of likely N-dealkylation sites (tertiary alicyclic amines) is 1. The van der Waals surface area contributed by atoms with Crippen molar-refractivity contribution in [1.29, 1.82) is 0 Å². The summed E-state index contributed by atoms with van der Waals surface area (Å²) in [5.41, 5.74) is 2.75. The van der Waals surface area contributed by atoms with Gasteiger partial charge in [0.05, 0.1) is 6.10 Å². The Morgan fingerprint density at radius 2 is 1.82 bits per heavy atom. The Labute approximate surface area is 171 Å². The summed E-state index contributed by atoms with van der Waals surface area (Å²) >= 11 is 0. The van der Waals surface area contributed by atoms with Crippen LogP contribution < -0.4 is 4.74 Å². The fourth-order valence-electron chi connectivity index (χ4n) is 4.13. The number of nitrogens with zero attached hydrogens (tertiary/aromatic N) is 2. The summed E-state index contributed by atoms with van der Waals surface area (Å²) in [6.07, 6.45) is 6.95. The molecule has 3 atom stereocenters. The quantitative estimate of drug-likeness (QED) is 0.560. The van der Waals surface area contributed by atoms with Crippen LogP contribution in [0.1, 0.15) is 76.3 Å². The van der Waals surface area contributed by atoms with Crippen molar-refractivity contribution >= 4 is 0 Å². The first-order valence-electron chi connectivity index (χ1n) is 10.9. The molecular formula is C25H36N2O. The Balaban J connectivity index is 1.45. The summed E-state index contributed by atoms with van der Waals surface area (Å²) in [6, 6.07) is 15.7. The lowest BCUT2D eigenvalue weighted by Gasteiger charge is -2.37. The summed E-state index contributed by atoms with van der Waals surface area (Å²) in [5.74, 6) is 1.92. The van der Waals surface area contributed by atoms with Crippen LogP contribution in [0.2, 0.25) is 0 Å². The van der Waals surface area contributed by atoms with Crippen LogP contribution in [0.15, 0.2) is 48.7 Å². The van der Waals surface area contributed by atoms with E-state index in [1.54, 1.807) is 0 Å². The highest BCUT2D eigenvalue weighted by atomic mass is 16.5. The van der Waals surface area contributed by atoms with Crippen LogP contribution in [0.4, 0.5) is 0 Å². The Morgan fingerprint density at radius 1 is 1.04 bits per heavy atom. The van der Waals surface area contributed by atoms with Crippen molar-refractivity contribution in [3.63, 3.8) is 0 Å². The fraction of sp³-hybridized carbons (Fsp3) is 0.560. The average molecular weight is 381 g/mol. The summed E-state index contributed by atoms with van der Waals surface area (Å²) in [6.45, 7) is 11.3. The molecule has 1 aliphatic heterocycles. The van der Waals surface area contributed by atoms with E-state index in [2.05, 4.69) is 74.0 Å². The first-order chi connectivity index (χ1) is 13.5. The molecule has 3 nitrogen and oxygen atoms in total. The smallest absolute Gasteiger partial charge is 0.213 e. The largest absolute Gasteiger partial charge is 0.475 e. The summed E-state index contributed by atoms with van der Waals surface area (Å²) in [5, 5.41) is 0. The van der Waals surface area contributed by atoms with Crippen LogP contribution in [0.3, 0.4) is 0 Å². The number of hydrogen-bond acceptors (Lipinski definition) is 3. The molecule has 0 bridgehead atoms. The molecule has 2 heterocycles. The summed E-state index contributed by atoms with van der Waals surface area (Å²) in [4.78, 5) is 7.14. The van der Waals surface area contributed by atoms with Crippen molar-refractivity contribution in [3.8, 4) is 5.88 Å². The molecule has 3 rings (SSSR count). The average Bonchev–Trinajstić information content (AvgIpc) is 2.73. The van der Waals surface area contributed by atoms with Gasteiger partial charge in [0.25, 0.3) is 0 Å². The third kappa shape index (κ3) is 5.81. The van der Waals surface area contributed by atoms with E-state index in [1.165, 1.54) is 37.1 Å². The van der Waals surface area contributed by atoms with Gasteiger partial charge in [-0.25, -0.2) is 4.98 Å². The summed E-state index contributed by atoms with van der Waals surface area (Å²) in [7, 11) is 0. The van der Waals surface area contributed by atoms with E-state index in [9.17, 15) is 0 Å². The highest BCUT2D eigenvalue weighted by Crippen LogP contribution is 2.28. The Bertz CT molecular complexity index is 698. The van der Waals surface area contributed by atoms with Crippen molar-refractivity contribution in [2.45, 2.75) is 77.4 Å². The SMILES string of the molecule is CC(CCC(C)N1CCCC(c2ccccc2)C1)Oc1ccc(C(C)C)cn1. The van der Waals surface area contributed by atoms with Gasteiger partial charge in [-0.3, -0.25) is 0 Å². The minimum atomic E-state index is 0.189. The zero-order valence-corrected chi connectivity index (χ0v) is 18.0. The van der Waals surface area contributed by atoms with Crippen LogP contribution in [-0.2, 0) is 0 Å². The minimum absolute atomic E-state index is 0.189. The molecule has 3 unspecified atom stereocenters. The monoisotopic (exact) mass is 380 g/mol. The van der Waals surface area contributed by atoms with Crippen molar-refractivity contribution in [1.82, 2.24) is 9.88 Å². The molecule has 152 valence electrons. The number of pyridine rings is 1. The number of benzene rings is 1. The first kappa shape index (κ1) is 20.9. The van der Waals surface area contributed by atoms with Crippen molar-refractivity contribution < 1.29 is 4.74 Å². The highest BCUT2D eigenvalue weighted by Gasteiger charge is 2.24. The van der Waals surface area contributed by atoms with E-state index >= 15 is 0 Å². The first-order valence-corrected chi connectivity index (χ1v) is 10.9. The standard InChI is InChI=1S/C25H36N2O/c1-19(2)23-14-15-25(26-17-23)28-21(4)13-12-20(3)27-16-8-11-24(18-27)22-9-6-5-7-10-22/h5-7,9-10,14-15,17,19-21,24H,8,11-13,16,18H2,1-4H3. The maximum atomic E-state index is 6.05. The van der Waals surface area contributed by atoms with E-state index < -0.39 is 0 Å². The maximum Gasteiger partial charge on any atom is 0.213 e. The van der Waals surface area contributed by atoms with Gasteiger partial charge in [-0.15, -0.1) is 0 Å². The van der Waals surface area contributed by atoms with Crippen molar-refractivity contribution in [2.24, 2.45) is 0 Å². The number of piperidine rings is 1. The predicted molar refractivity (Wildman–Crippen MR) is 117 cm³/mol. The lowest BCUT2D eigenvalue weighted by Crippen LogP contribution is -2.41. The molecular weight excluding hydrogens is 344 g/mol. The Kier molecular flexibility index (Phi) is 7.50. The Morgan fingerprint density at radius 3 is 2.50 bits per heavy atom. The molecule has 0 aliphatic carbocycles. The number of ether oxygens (including phenoxy) is 1. The van der Waals surface area contributed by atoms with Gasteiger partial charge in [0, 0.05) is 24.8 Å². The molecule has 1 fully saturated rings. The molecule has 1 aromatic heterocycles. The predicted octanol–water partition coefficient (Wildman–Crippen LogP) is 6.02. The van der Waals surface area contributed by atoms with E-state index in [-0.39, 0.29) is 6.10 Å². The van der Waals surface area contributed by atoms with Gasteiger partial charge in [-0.05, 0) is 69.0 Å². The van der Waals surface area contributed by atoms with E-state index in [1.807, 2.05) is 12.3 Å². The van der Waals surface area contributed by atoms with Crippen LogP contribution in [-0.4, -0.2) is 35.1 Å². The topological polar surface area (TPSA) is 25.4 Å².